The van der Waals surface area contributed by atoms with Gasteiger partial charge in [0.1, 0.15) is 74.7 Å². The van der Waals surface area contributed by atoms with Gasteiger partial charge in [0.15, 0.2) is 0 Å². The maximum absolute atomic E-state index is 10.7. The Morgan fingerprint density at radius 1 is 0.366 bits per heavy atom. The summed E-state index contributed by atoms with van der Waals surface area (Å²) in [4.78, 5) is 101. The van der Waals surface area contributed by atoms with E-state index in [9.17, 15) is 4.79 Å². The van der Waals surface area contributed by atoms with Crippen molar-refractivity contribution in [2.75, 3.05) is 41.3 Å². The highest BCUT2D eigenvalue weighted by Crippen LogP contribution is 2.07. The van der Waals surface area contributed by atoms with Gasteiger partial charge >= 0.3 is 0 Å². The average molecular weight is 1360 g/mol. The van der Waals surface area contributed by atoms with Crippen LogP contribution in [0.3, 0.4) is 0 Å². The lowest BCUT2D eigenvalue weighted by atomic mass is 10.1. The molecule has 0 atom stereocenters. The zero-order valence-electron chi connectivity index (χ0n) is 65.2. The number of hydrogen-bond acceptors (Lipinski definition) is 24. The molecule has 1 amide bonds. The maximum atomic E-state index is 10.7. The van der Waals surface area contributed by atoms with E-state index in [2.05, 4.69) is 140 Å². The van der Waals surface area contributed by atoms with Crippen LogP contribution in [0.1, 0.15) is 201 Å². The second-order valence-corrected chi connectivity index (χ2v) is 15.9. The summed E-state index contributed by atoms with van der Waals surface area (Å²) < 4.78 is 0. The Labute approximate surface area is 575 Å². The number of hydrogen-bond donors (Lipinski definition) is 12. The van der Waals surface area contributed by atoms with Crippen LogP contribution < -0.4 is 66.0 Å². The van der Waals surface area contributed by atoms with Gasteiger partial charge in [-0.15, -0.1) is 0 Å². The van der Waals surface area contributed by atoms with Crippen molar-refractivity contribution in [2.24, 2.45) is 52.5 Å². The normalized spacial score (nSPS) is 7.15. The van der Waals surface area contributed by atoms with Gasteiger partial charge in [0.05, 0.1) is 0 Å². The van der Waals surface area contributed by atoms with Crippen LogP contribution in [0, 0.1) is 29.6 Å². The van der Waals surface area contributed by atoms with Crippen molar-refractivity contribution in [1.29, 1.82) is 0 Å². The predicted molar refractivity (Wildman–Crippen MR) is 417 cm³/mol. The first-order valence-corrected chi connectivity index (χ1v) is 28.0. The second-order valence-electron chi connectivity index (χ2n) is 15.9. The maximum Gasteiger partial charge on any atom is 0.219 e. The van der Waals surface area contributed by atoms with Crippen molar-refractivity contribution in [2.45, 2.75) is 196 Å². The van der Waals surface area contributed by atoms with Crippen molar-refractivity contribution >= 4 is 92.7 Å². The monoisotopic (exact) mass is 1360 g/mol. The van der Waals surface area contributed by atoms with Crippen molar-refractivity contribution in [3.05, 3.63) is 84.9 Å². The van der Waals surface area contributed by atoms with Gasteiger partial charge in [0.2, 0.25) is 5.91 Å². The third kappa shape index (κ3) is 475. The van der Waals surface area contributed by atoms with Gasteiger partial charge in [-0.05, 0) is 102 Å². The molecule has 1 fully saturated rings. The second kappa shape index (κ2) is 295. The van der Waals surface area contributed by atoms with Crippen LogP contribution in [-0.2, 0) is 57.5 Å². The Morgan fingerprint density at radius 3 is 0.548 bits per heavy atom. The third-order valence-electron chi connectivity index (χ3n) is 7.95. The van der Waals surface area contributed by atoms with Crippen LogP contribution >= 0.6 is 0 Å². The predicted octanol–water partition coefficient (Wildman–Crippen LogP) is 14.8. The van der Waals surface area contributed by atoms with Crippen molar-refractivity contribution in [3.8, 4) is 0 Å². The number of aliphatic hydroxyl groups is 1. The molecule has 1 heterocycles. The van der Waals surface area contributed by atoms with Crippen molar-refractivity contribution in [1.82, 2.24) is 48.0 Å². The lowest BCUT2D eigenvalue weighted by molar-refractivity contribution is -0.129. The Balaban J connectivity index is -0.0000000174. The Hall–Kier alpha value is -6.72. The summed E-state index contributed by atoms with van der Waals surface area (Å²) in [6, 6.07) is 20.1. The number of nitrogens with two attached hydrogens (primary N) is 4. The summed E-state index contributed by atoms with van der Waals surface area (Å²) in [7, 11) is 6.00. The standard InChI is InChI=1S/2C8H8.C7H13NO.5C5H12.C3H8O.C2H6.4CH5N.11CH2O.7H3N/c2*1-2-8-6-4-3-5-7-8;1-7(9)8-5-3-2-4-6-8;5*1-4-5(2)3;1-3(2)4;16*1-2;;;;;;;/h2*2-7H,1H2;2-6H2,1H3;5*5H,4H2,1-3H3;3-4H,1-2H3;1-2H3;4*2H2,1H3;11*1H2;7*1H3. The fourth-order valence-electron chi connectivity index (χ4n) is 2.39. The SMILES string of the molecule is C=Cc1ccccc1.C=Cc1ccccc1.C=O.C=O.C=O.C=O.C=O.C=O.C=O.C=O.C=O.C=O.C=O.CC.CC(=O)N1CCCCC1.CC(C)O.CCC(C)C.CCC(C)C.CCC(C)C.CCC(C)C.CCC(C)C.CN.CN.CN.CN.N.N.N.N.N.N.N. The molecule has 0 saturated carbocycles. The van der Waals surface area contributed by atoms with Gasteiger partial charge in [0.25, 0.3) is 0 Å². The van der Waals surface area contributed by atoms with Crippen LogP contribution in [-0.4, -0.2) is 138 Å². The first kappa shape index (κ1) is 191. The van der Waals surface area contributed by atoms with E-state index in [0.29, 0.717) is 0 Å². The first-order valence-electron chi connectivity index (χ1n) is 28.0. The van der Waals surface area contributed by atoms with E-state index < -0.39 is 0 Å². The van der Waals surface area contributed by atoms with E-state index in [4.69, 9.17) is 57.8 Å². The van der Waals surface area contributed by atoms with Gasteiger partial charge in [-0.2, -0.15) is 0 Å². The number of likely N-dealkylation sites (tertiary alicyclic amines) is 1. The largest absolute Gasteiger partial charge is 0.394 e. The van der Waals surface area contributed by atoms with Gasteiger partial charge in [-0.25, -0.2) is 0 Å². The molecule has 0 spiro atoms. The molecule has 3 rings (SSSR count). The van der Waals surface area contributed by atoms with Crippen molar-refractivity contribution < 1.29 is 62.6 Å². The molecule has 0 unspecified atom stereocenters. The molecule has 1 saturated heterocycles. The number of aliphatic hydroxyl groups excluding tert-OH is 1. The number of amides is 1. The summed E-state index contributed by atoms with van der Waals surface area (Å²) >= 11 is 0. The van der Waals surface area contributed by atoms with Crippen LogP contribution in [0.25, 0.3) is 12.2 Å². The van der Waals surface area contributed by atoms with E-state index >= 15 is 0 Å². The molecular formula is C68H166N12O13. The fraction of sp³-hybridized carbons (Fsp3) is 0.588. The highest BCUT2D eigenvalue weighted by Gasteiger charge is 2.11. The van der Waals surface area contributed by atoms with Crippen LogP contribution in [0.15, 0.2) is 73.8 Å². The molecule has 1 aliphatic rings. The fourth-order valence-corrected chi connectivity index (χ4v) is 2.39. The van der Waals surface area contributed by atoms with E-state index in [0.717, 1.165) is 42.7 Å². The van der Waals surface area contributed by atoms with E-state index in [-0.39, 0.29) is 55.1 Å². The minimum atomic E-state index is -0.167. The molecule has 576 valence electrons. The number of piperidine rings is 1. The van der Waals surface area contributed by atoms with Crippen LogP contribution in [0.2, 0.25) is 0 Å². The number of nitrogens with zero attached hydrogens (tertiary/aromatic N) is 1. The third-order valence-corrected chi connectivity index (χ3v) is 7.95. The summed E-state index contributed by atoms with van der Waals surface area (Å²) in [5.41, 5.74) is 20.3. The molecule has 0 aromatic heterocycles. The lowest BCUT2D eigenvalue weighted by Crippen LogP contribution is -2.33. The molecule has 2 aromatic carbocycles. The van der Waals surface area contributed by atoms with Gasteiger partial charge in [-0.1, -0.05) is 236 Å². The lowest BCUT2D eigenvalue weighted by Gasteiger charge is -2.24. The molecular weight excluding hydrogens is 1190 g/mol. The van der Waals surface area contributed by atoms with E-state index in [1.165, 1.54) is 90.7 Å². The molecule has 30 N–H and O–H groups in total. The highest BCUT2D eigenvalue weighted by molar-refractivity contribution is 5.73. The Morgan fingerprint density at radius 2 is 0.484 bits per heavy atom. The smallest absolute Gasteiger partial charge is 0.219 e. The van der Waals surface area contributed by atoms with E-state index in [1.807, 2.05) is 166 Å². The van der Waals surface area contributed by atoms with Crippen LogP contribution in [0.5, 0.6) is 0 Å². The number of rotatable bonds is 7. The van der Waals surface area contributed by atoms with Gasteiger partial charge in [-0.3, -0.25) is 4.79 Å². The number of carbonyl (C=O) groups excluding carboxylic acids is 12. The van der Waals surface area contributed by atoms with E-state index in [1.54, 1.807) is 20.8 Å². The summed E-state index contributed by atoms with van der Waals surface area (Å²) in [5.74, 6) is 4.65. The number of carbonyl (C=O) groups is 12. The minimum absolute atomic E-state index is 0. The zero-order chi connectivity index (χ0) is 75.3. The molecule has 25 nitrogen and oxygen atoms in total. The molecule has 0 bridgehead atoms. The number of benzene rings is 2. The average Bonchev–Trinajstić information content (AvgIpc) is 3.61. The first-order chi connectivity index (χ1) is 41.3. The summed E-state index contributed by atoms with van der Waals surface area (Å²) in [5, 5.41) is 8.06. The zero-order valence-corrected chi connectivity index (χ0v) is 65.2. The molecule has 0 aliphatic carbocycles. The van der Waals surface area contributed by atoms with Gasteiger partial charge in [0, 0.05) is 26.1 Å². The van der Waals surface area contributed by atoms with Crippen molar-refractivity contribution in [3.63, 3.8) is 0 Å². The highest BCUT2D eigenvalue weighted by atomic mass is 16.3. The topological polar surface area (TPSA) is 577 Å². The molecule has 93 heavy (non-hydrogen) atoms. The molecule has 0 radical (unpaired) electrons. The van der Waals surface area contributed by atoms with Crippen LogP contribution in [0.4, 0.5) is 0 Å². The summed E-state index contributed by atoms with van der Waals surface area (Å²) in [6.07, 6.45) is 13.7. The molecule has 25 heteroatoms. The molecule has 1 aliphatic heterocycles. The summed E-state index contributed by atoms with van der Waals surface area (Å²) in [6.45, 7) is 73.5. The quantitative estimate of drug-likeness (QED) is 0.122. The minimum Gasteiger partial charge on any atom is -0.394 e. The Kier molecular flexibility index (Phi) is 608. The Bertz CT molecular complexity index is 1080. The molecule has 2 aromatic rings. The van der Waals surface area contributed by atoms with Gasteiger partial charge < -0.3 is 129 Å².